The molecule has 26 heavy (non-hydrogen) atoms. The lowest BCUT2D eigenvalue weighted by Gasteiger charge is -2.10. The fourth-order valence-electron chi connectivity index (χ4n) is 2.24. The van der Waals surface area contributed by atoms with E-state index in [9.17, 15) is 13.2 Å². The topological polar surface area (TPSA) is 87.3 Å². The minimum Gasteiger partial charge on any atom is -0.351 e. The highest BCUT2D eigenvalue weighted by Crippen LogP contribution is 2.20. The summed E-state index contributed by atoms with van der Waals surface area (Å²) in [6.07, 6.45) is 1.02. The largest absolute Gasteiger partial charge is 0.351 e. The van der Waals surface area contributed by atoms with Gasteiger partial charge in [-0.15, -0.1) is 0 Å². The van der Waals surface area contributed by atoms with Crippen LogP contribution in [0.3, 0.4) is 0 Å². The number of carbonyl (C=O) groups is 1. The van der Waals surface area contributed by atoms with Crippen LogP contribution in [0.4, 0.5) is 5.69 Å². The fraction of sp³-hybridized carbons (Fsp3) is 0.278. The van der Waals surface area contributed by atoms with E-state index in [1.807, 2.05) is 0 Å². The average molecular weight is 396 g/mol. The molecule has 0 radical (unpaired) electrons. The summed E-state index contributed by atoms with van der Waals surface area (Å²) in [6, 6.07) is 12.3. The number of nitrogens with one attached hydrogen (secondary N) is 3. The van der Waals surface area contributed by atoms with Crippen molar-refractivity contribution < 1.29 is 13.2 Å². The summed E-state index contributed by atoms with van der Waals surface area (Å²) < 4.78 is 27.5. The van der Waals surface area contributed by atoms with Crippen molar-refractivity contribution in [1.29, 1.82) is 0 Å². The minimum atomic E-state index is -3.82. The van der Waals surface area contributed by atoms with Crippen LogP contribution in [0, 0.1) is 0 Å². The maximum absolute atomic E-state index is 12.5. The third-order valence-corrected chi connectivity index (χ3v) is 5.11. The van der Waals surface area contributed by atoms with Gasteiger partial charge in [0.05, 0.1) is 10.6 Å². The zero-order valence-corrected chi connectivity index (χ0v) is 16.0. The summed E-state index contributed by atoms with van der Waals surface area (Å²) >= 11 is 5.87. The Morgan fingerprint density at radius 2 is 1.81 bits per heavy atom. The van der Waals surface area contributed by atoms with Gasteiger partial charge in [0, 0.05) is 23.7 Å². The molecule has 0 aliphatic rings. The molecule has 0 aromatic heterocycles. The van der Waals surface area contributed by atoms with Crippen LogP contribution in [-0.4, -0.2) is 34.0 Å². The average Bonchev–Trinajstić information content (AvgIpc) is 2.61. The molecule has 6 nitrogen and oxygen atoms in total. The summed E-state index contributed by atoms with van der Waals surface area (Å²) in [4.78, 5) is 12.2. The first-order chi connectivity index (χ1) is 12.4. The van der Waals surface area contributed by atoms with Crippen molar-refractivity contribution in [2.24, 2.45) is 0 Å². The van der Waals surface area contributed by atoms with E-state index in [-0.39, 0.29) is 16.4 Å². The molecular formula is C18H22ClN3O3S. The Morgan fingerprint density at radius 3 is 2.54 bits per heavy atom. The van der Waals surface area contributed by atoms with Crippen molar-refractivity contribution in [1.82, 2.24) is 10.6 Å². The van der Waals surface area contributed by atoms with Gasteiger partial charge in [0.15, 0.2) is 0 Å². The Bertz CT molecular complexity index is 856. The van der Waals surface area contributed by atoms with Crippen LogP contribution >= 0.6 is 11.6 Å². The van der Waals surface area contributed by atoms with Gasteiger partial charge in [0.2, 0.25) is 0 Å². The van der Waals surface area contributed by atoms with Crippen molar-refractivity contribution in [2.45, 2.75) is 18.2 Å². The Hall–Kier alpha value is -2.09. The molecule has 2 aromatic carbocycles. The quantitative estimate of drug-likeness (QED) is 0.570. The van der Waals surface area contributed by atoms with Gasteiger partial charge in [0.1, 0.15) is 0 Å². The molecule has 0 fully saturated rings. The number of amides is 1. The van der Waals surface area contributed by atoms with Crippen molar-refractivity contribution in [3.8, 4) is 0 Å². The molecule has 0 unspecified atom stereocenters. The second-order valence-electron chi connectivity index (χ2n) is 5.65. The lowest BCUT2D eigenvalue weighted by molar-refractivity contribution is 0.0953. The van der Waals surface area contributed by atoms with Crippen LogP contribution in [0.5, 0.6) is 0 Å². The number of hydrogen-bond donors (Lipinski definition) is 3. The monoisotopic (exact) mass is 395 g/mol. The molecule has 0 heterocycles. The maximum Gasteiger partial charge on any atom is 0.261 e. The molecule has 140 valence electrons. The Labute approximate surface area is 159 Å². The number of carbonyl (C=O) groups excluding carboxylic acids is 1. The third kappa shape index (κ3) is 6.01. The van der Waals surface area contributed by atoms with Crippen LogP contribution in [0.15, 0.2) is 53.4 Å². The van der Waals surface area contributed by atoms with E-state index in [0.717, 1.165) is 13.0 Å². The third-order valence-electron chi connectivity index (χ3n) is 3.50. The van der Waals surface area contributed by atoms with Crippen LogP contribution in [0.25, 0.3) is 0 Å². The highest BCUT2D eigenvalue weighted by molar-refractivity contribution is 7.92. The van der Waals surface area contributed by atoms with Crippen LogP contribution < -0.4 is 15.4 Å². The lowest BCUT2D eigenvalue weighted by atomic mass is 10.2. The zero-order chi connectivity index (χ0) is 19.0. The molecule has 0 aliphatic heterocycles. The second kappa shape index (κ2) is 9.56. The standard InChI is InChI=1S/C18H22ClN3O3S/c1-2-9-20-10-11-21-18(23)14-5-3-8-17(12-14)26(24,25)22-16-7-4-6-15(19)13-16/h3-8,12-13,20,22H,2,9-11H2,1H3,(H,21,23). The molecule has 0 saturated heterocycles. The number of rotatable bonds is 9. The molecule has 8 heteroatoms. The molecule has 0 saturated carbocycles. The highest BCUT2D eigenvalue weighted by Gasteiger charge is 2.16. The highest BCUT2D eigenvalue weighted by atomic mass is 35.5. The van der Waals surface area contributed by atoms with E-state index >= 15 is 0 Å². The molecule has 0 atom stereocenters. The molecule has 0 spiro atoms. The number of halogens is 1. The SMILES string of the molecule is CCCNCCNC(=O)c1cccc(S(=O)(=O)Nc2cccc(Cl)c2)c1. The van der Waals surface area contributed by atoms with Gasteiger partial charge in [0.25, 0.3) is 15.9 Å². The first kappa shape index (κ1) is 20.2. The first-order valence-corrected chi connectivity index (χ1v) is 10.2. The summed E-state index contributed by atoms with van der Waals surface area (Å²) in [6.45, 7) is 4.08. The van der Waals surface area contributed by atoms with Crippen molar-refractivity contribution in [2.75, 3.05) is 24.4 Å². The second-order valence-corrected chi connectivity index (χ2v) is 7.77. The van der Waals surface area contributed by atoms with Crippen LogP contribution in [0.2, 0.25) is 5.02 Å². The number of sulfonamides is 1. The Balaban J connectivity index is 2.06. The van der Waals surface area contributed by atoms with Gasteiger partial charge < -0.3 is 10.6 Å². The lowest BCUT2D eigenvalue weighted by Crippen LogP contribution is -2.32. The number of benzene rings is 2. The van der Waals surface area contributed by atoms with E-state index in [1.165, 1.54) is 24.3 Å². The van der Waals surface area contributed by atoms with E-state index in [0.29, 0.717) is 23.8 Å². The summed E-state index contributed by atoms with van der Waals surface area (Å²) in [7, 11) is -3.82. The number of anilines is 1. The van der Waals surface area contributed by atoms with Gasteiger partial charge in [-0.3, -0.25) is 9.52 Å². The fourth-order valence-corrected chi connectivity index (χ4v) is 3.52. The molecule has 0 bridgehead atoms. The predicted molar refractivity (Wildman–Crippen MR) is 104 cm³/mol. The van der Waals surface area contributed by atoms with Crippen molar-refractivity contribution in [3.05, 3.63) is 59.1 Å². The summed E-state index contributed by atoms with van der Waals surface area (Å²) in [5.41, 5.74) is 0.642. The molecule has 0 aliphatic carbocycles. The maximum atomic E-state index is 12.5. The van der Waals surface area contributed by atoms with Crippen LogP contribution in [0.1, 0.15) is 23.7 Å². The Morgan fingerprint density at radius 1 is 1.04 bits per heavy atom. The van der Waals surface area contributed by atoms with Crippen molar-refractivity contribution in [3.63, 3.8) is 0 Å². The zero-order valence-electron chi connectivity index (χ0n) is 14.5. The van der Waals surface area contributed by atoms with E-state index in [4.69, 9.17) is 11.6 Å². The summed E-state index contributed by atoms with van der Waals surface area (Å²) in [5.74, 6) is -0.317. The van der Waals surface area contributed by atoms with Gasteiger partial charge in [-0.25, -0.2) is 8.42 Å². The molecule has 2 rings (SSSR count). The predicted octanol–water partition coefficient (Wildman–Crippen LogP) is 2.87. The van der Waals surface area contributed by atoms with E-state index < -0.39 is 10.0 Å². The smallest absolute Gasteiger partial charge is 0.261 e. The molecule has 1 amide bonds. The Kier molecular flexibility index (Phi) is 7.44. The molecule has 3 N–H and O–H groups in total. The van der Waals surface area contributed by atoms with E-state index in [2.05, 4.69) is 22.3 Å². The van der Waals surface area contributed by atoms with Gasteiger partial charge in [-0.05, 0) is 49.4 Å². The van der Waals surface area contributed by atoms with Crippen molar-refractivity contribution >= 4 is 33.2 Å². The summed E-state index contributed by atoms with van der Waals surface area (Å²) in [5, 5.41) is 6.36. The van der Waals surface area contributed by atoms with E-state index in [1.54, 1.807) is 24.3 Å². The van der Waals surface area contributed by atoms with Gasteiger partial charge in [-0.2, -0.15) is 0 Å². The number of hydrogen-bond acceptors (Lipinski definition) is 4. The minimum absolute atomic E-state index is 0.00855. The van der Waals surface area contributed by atoms with Crippen LogP contribution in [-0.2, 0) is 10.0 Å². The normalized spacial score (nSPS) is 11.2. The first-order valence-electron chi connectivity index (χ1n) is 8.30. The molecule has 2 aromatic rings. The van der Waals surface area contributed by atoms with Gasteiger partial charge >= 0.3 is 0 Å². The molecular weight excluding hydrogens is 374 g/mol. The van der Waals surface area contributed by atoms with Gasteiger partial charge in [-0.1, -0.05) is 30.7 Å².